The molecular weight excluding hydrogens is 292 g/mol. The number of rotatable bonds is 0. The number of nitrogens with zero attached hydrogens (tertiary/aromatic N) is 6. The minimum atomic E-state index is -0.852. The van der Waals surface area contributed by atoms with Gasteiger partial charge >= 0.3 is 22.8 Å². The Bertz CT molecular complexity index is 1130. The van der Waals surface area contributed by atoms with Crippen LogP contribution in [0.3, 0.4) is 0 Å². The van der Waals surface area contributed by atoms with Gasteiger partial charge in [0, 0.05) is 14.1 Å². The molecule has 0 radical (unpaired) electrons. The van der Waals surface area contributed by atoms with Gasteiger partial charge in [-0.1, -0.05) is 12.2 Å². The highest BCUT2D eigenvalue weighted by atomic mass is 16.2. The summed E-state index contributed by atoms with van der Waals surface area (Å²) in [5.74, 6) is 0. The highest BCUT2D eigenvalue weighted by Crippen LogP contribution is 2.53. The van der Waals surface area contributed by atoms with Gasteiger partial charge in [-0.05, 0) is 0 Å². The second kappa shape index (κ2) is 3.03. The monoisotopic (exact) mass is 304 g/mol. The maximum absolute atomic E-state index is 12.4. The van der Waals surface area contributed by atoms with E-state index in [0.29, 0.717) is 0 Å². The van der Waals surface area contributed by atoms with Crippen molar-refractivity contribution in [3.8, 4) is 0 Å². The van der Waals surface area contributed by atoms with Crippen LogP contribution in [0.25, 0.3) is 0 Å². The molecule has 22 heavy (non-hydrogen) atoms. The van der Waals surface area contributed by atoms with Gasteiger partial charge in [0.05, 0.1) is 12.6 Å². The van der Waals surface area contributed by atoms with Crippen molar-refractivity contribution >= 4 is 0 Å². The Labute approximate surface area is 121 Å². The fourth-order valence-corrected chi connectivity index (χ4v) is 4.20. The van der Waals surface area contributed by atoms with Crippen LogP contribution in [0.15, 0.2) is 31.3 Å². The lowest BCUT2D eigenvalue weighted by Crippen LogP contribution is -2.43. The van der Waals surface area contributed by atoms with Crippen molar-refractivity contribution in [2.75, 3.05) is 0 Å². The van der Waals surface area contributed by atoms with E-state index in [-0.39, 0.29) is 6.54 Å². The molecular formula is C12H12N6O4. The van der Waals surface area contributed by atoms with Crippen LogP contribution in [0, 0.1) is 0 Å². The molecule has 3 aliphatic rings. The number of aromatic nitrogens is 6. The lowest BCUT2D eigenvalue weighted by molar-refractivity contribution is 0.306. The fourth-order valence-electron chi connectivity index (χ4n) is 4.20. The van der Waals surface area contributed by atoms with Gasteiger partial charge in [0.25, 0.3) is 0 Å². The Morgan fingerprint density at radius 2 is 1.59 bits per heavy atom. The second-order valence-electron chi connectivity index (χ2n) is 6.09. The zero-order chi connectivity index (χ0) is 15.5. The van der Waals surface area contributed by atoms with Crippen LogP contribution in [-0.2, 0) is 26.2 Å². The Balaban J connectivity index is 1.92. The summed E-state index contributed by atoms with van der Waals surface area (Å²) in [7, 11) is 2.85. The molecule has 0 amide bonds. The van der Waals surface area contributed by atoms with Crippen molar-refractivity contribution in [1.29, 1.82) is 0 Å². The summed E-state index contributed by atoms with van der Waals surface area (Å²) < 4.78 is 7.61. The first kappa shape index (κ1) is 11.8. The van der Waals surface area contributed by atoms with Gasteiger partial charge in [-0.15, -0.1) is 0 Å². The topological polar surface area (TPSA) is 97.9 Å². The summed E-state index contributed by atoms with van der Waals surface area (Å²) in [6, 6.07) is -0.884. The molecule has 2 bridgehead atoms. The number of hydrogen-bond donors (Lipinski definition) is 0. The molecule has 10 heteroatoms. The molecule has 3 atom stereocenters. The molecule has 5 rings (SSSR count). The molecule has 0 fully saturated rings. The Morgan fingerprint density at radius 3 is 2.32 bits per heavy atom. The van der Waals surface area contributed by atoms with Crippen LogP contribution in [0.4, 0.5) is 0 Å². The first-order valence-electron chi connectivity index (χ1n) is 6.89. The quantitative estimate of drug-likeness (QED) is 0.487. The lowest BCUT2D eigenvalue weighted by Gasteiger charge is -2.22. The van der Waals surface area contributed by atoms with Crippen LogP contribution in [0.1, 0.15) is 12.1 Å². The first-order valence-corrected chi connectivity index (χ1v) is 6.89. The lowest BCUT2D eigenvalue weighted by atomic mass is 9.95. The molecule has 0 saturated heterocycles. The molecule has 0 aromatic carbocycles. The van der Waals surface area contributed by atoms with Crippen molar-refractivity contribution < 1.29 is 0 Å². The van der Waals surface area contributed by atoms with Gasteiger partial charge in [-0.25, -0.2) is 47.0 Å². The maximum Gasteiger partial charge on any atom is 0.347 e. The van der Waals surface area contributed by atoms with Crippen molar-refractivity contribution in [2.45, 2.75) is 24.2 Å². The molecule has 0 spiro atoms. The third-order valence-electron chi connectivity index (χ3n) is 5.18. The van der Waals surface area contributed by atoms with E-state index in [1.165, 1.54) is 32.8 Å². The van der Waals surface area contributed by atoms with Gasteiger partial charge in [0.2, 0.25) is 0 Å². The van der Waals surface area contributed by atoms with Gasteiger partial charge in [0.15, 0.2) is 0 Å². The number of allylic oxidation sites excluding steroid dienone is 2. The molecule has 0 unspecified atom stereocenters. The highest BCUT2D eigenvalue weighted by Gasteiger charge is 2.62. The van der Waals surface area contributed by atoms with E-state index in [0.717, 1.165) is 9.13 Å². The van der Waals surface area contributed by atoms with Gasteiger partial charge in [-0.3, -0.25) is 0 Å². The molecule has 2 aromatic heterocycles. The average Bonchev–Trinajstić information content (AvgIpc) is 3.19. The molecule has 0 N–H and O–H groups in total. The first-order chi connectivity index (χ1) is 10.4. The van der Waals surface area contributed by atoms with Crippen molar-refractivity contribution in [1.82, 2.24) is 27.9 Å². The van der Waals surface area contributed by atoms with E-state index in [1.807, 2.05) is 12.2 Å². The van der Waals surface area contributed by atoms with Crippen molar-refractivity contribution in [2.24, 2.45) is 14.1 Å². The molecule has 10 nitrogen and oxygen atoms in total. The third kappa shape index (κ3) is 0.869. The van der Waals surface area contributed by atoms with Crippen LogP contribution in [0.2, 0.25) is 0 Å². The molecule has 0 saturated carbocycles. The fraction of sp³-hybridized carbons (Fsp3) is 0.500. The normalized spacial score (nSPS) is 29.9. The van der Waals surface area contributed by atoms with Gasteiger partial charge < -0.3 is 0 Å². The summed E-state index contributed by atoms with van der Waals surface area (Å²) in [6.45, 7) is 0.170. The van der Waals surface area contributed by atoms with Crippen molar-refractivity contribution in [3.63, 3.8) is 0 Å². The summed E-state index contributed by atoms with van der Waals surface area (Å²) in [4.78, 5) is 49.2. The number of fused-ring (bicyclic) bond motifs is 3. The molecule has 4 heterocycles. The SMILES string of the molecule is Cn1c(=O)n2n(c1=O)[C@H]1[C@@H]3C=C[C@@]1(C2)n1c(=O)n(C)c(=O)n13. The Morgan fingerprint density at radius 1 is 0.955 bits per heavy atom. The summed E-state index contributed by atoms with van der Waals surface area (Å²) >= 11 is 0. The second-order valence-corrected chi connectivity index (χ2v) is 6.09. The van der Waals surface area contributed by atoms with Crippen LogP contribution in [0.5, 0.6) is 0 Å². The molecule has 2 aliphatic heterocycles. The predicted octanol–water partition coefficient (Wildman–Crippen LogP) is -2.91. The predicted molar refractivity (Wildman–Crippen MR) is 73.1 cm³/mol. The van der Waals surface area contributed by atoms with E-state index in [4.69, 9.17) is 0 Å². The van der Waals surface area contributed by atoms with Crippen LogP contribution in [-0.4, -0.2) is 27.9 Å². The average molecular weight is 304 g/mol. The van der Waals surface area contributed by atoms with E-state index < -0.39 is 40.4 Å². The van der Waals surface area contributed by atoms with Crippen LogP contribution < -0.4 is 22.8 Å². The number of hydrogen-bond acceptors (Lipinski definition) is 4. The van der Waals surface area contributed by atoms with E-state index in [2.05, 4.69) is 0 Å². The Kier molecular flexibility index (Phi) is 1.63. The van der Waals surface area contributed by atoms with Gasteiger partial charge in [-0.2, -0.15) is 0 Å². The third-order valence-corrected chi connectivity index (χ3v) is 5.18. The minimum Gasteiger partial charge on any atom is -0.246 e. The molecule has 1 aliphatic carbocycles. The zero-order valence-electron chi connectivity index (χ0n) is 11.8. The molecule has 2 aromatic rings. The standard InChI is InChI=1S/C12H12N6O4/c1-13-8(19)15-5-12-4-3-6(7(12)17(15)10(13)21)16-9(20)14(2)11(22)18(12)16/h3-4,6-7H,5H2,1-2H3/t6-,7-,12-/m0/s1. The Hall–Kier alpha value is -2.78. The highest BCUT2D eigenvalue weighted by molar-refractivity contribution is 5.28. The minimum absolute atomic E-state index is 0.170. The van der Waals surface area contributed by atoms with Gasteiger partial charge in [0.1, 0.15) is 11.6 Å². The smallest absolute Gasteiger partial charge is 0.246 e. The maximum atomic E-state index is 12.4. The van der Waals surface area contributed by atoms with Crippen LogP contribution >= 0.6 is 0 Å². The summed E-state index contributed by atoms with van der Waals surface area (Å²) in [6.07, 6.45) is 3.67. The summed E-state index contributed by atoms with van der Waals surface area (Å²) in [5, 5.41) is 0. The van der Waals surface area contributed by atoms with E-state index in [9.17, 15) is 19.2 Å². The van der Waals surface area contributed by atoms with E-state index >= 15 is 0 Å². The molecule has 114 valence electrons. The summed E-state index contributed by atoms with van der Waals surface area (Å²) in [5.41, 5.74) is -2.54. The van der Waals surface area contributed by atoms with Crippen molar-refractivity contribution in [3.05, 3.63) is 54.1 Å². The van der Waals surface area contributed by atoms with E-state index in [1.54, 1.807) is 0 Å². The largest absolute Gasteiger partial charge is 0.347 e. The zero-order valence-corrected chi connectivity index (χ0v) is 11.8.